The standard InChI is InChI=1S/C31H35FN6O3/c1-37-24-9-8-20(17-25(39)23-10-13-34-30(35-23)27-22(32)6-3-7-26(27)40-2)29(38-14-4-5-21(38)18-33)28(24)36-31(37)19-11-15-41-16-12-19/h3,6-10,13,19,21H,4-5,11-12,14-18,33H2,1-2H3/t21-/m0/s1. The molecule has 2 saturated heterocycles. The van der Waals surface area contributed by atoms with Crippen molar-refractivity contribution in [2.45, 2.75) is 44.1 Å². The van der Waals surface area contributed by atoms with E-state index in [9.17, 15) is 9.18 Å². The number of aryl methyl sites for hydroxylation is 1. The molecule has 0 aliphatic carbocycles. The molecular formula is C31H35FN6O3. The van der Waals surface area contributed by atoms with Crippen LogP contribution in [0, 0.1) is 5.82 Å². The van der Waals surface area contributed by atoms with Crippen LogP contribution < -0.4 is 15.4 Å². The lowest BCUT2D eigenvalue weighted by Gasteiger charge is -2.28. The number of anilines is 1. The first-order valence-corrected chi connectivity index (χ1v) is 14.2. The van der Waals surface area contributed by atoms with E-state index in [1.165, 1.54) is 19.4 Å². The summed E-state index contributed by atoms with van der Waals surface area (Å²) in [7, 11) is 3.53. The monoisotopic (exact) mass is 558 g/mol. The van der Waals surface area contributed by atoms with E-state index in [-0.39, 0.29) is 35.3 Å². The summed E-state index contributed by atoms with van der Waals surface area (Å²) in [6.07, 6.45) is 5.51. The molecule has 4 heterocycles. The molecule has 0 bridgehead atoms. The zero-order chi connectivity index (χ0) is 28.5. The highest BCUT2D eigenvalue weighted by atomic mass is 19.1. The Morgan fingerprint density at radius 3 is 2.76 bits per heavy atom. The van der Waals surface area contributed by atoms with Crippen molar-refractivity contribution in [1.82, 2.24) is 19.5 Å². The number of hydrogen-bond donors (Lipinski definition) is 1. The number of ketones is 1. The first-order valence-electron chi connectivity index (χ1n) is 14.2. The minimum atomic E-state index is -0.515. The molecule has 1 atom stereocenters. The fourth-order valence-electron chi connectivity index (χ4n) is 6.25. The summed E-state index contributed by atoms with van der Waals surface area (Å²) in [6, 6.07) is 10.4. The van der Waals surface area contributed by atoms with Crippen LogP contribution in [0.1, 0.15) is 53.5 Å². The van der Waals surface area contributed by atoms with Gasteiger partial charge in [0, 0.05) is 57.9 Å². The fourth-order valence-corrected chi connectivity index (χ4v) is 6.25. The average molecular weight is 559 g/mol. The van der Waals surface area contributed by atoms with Gasteiger partial charge in [0.2, 0.25) is 0 Å². The largest absolute Gasteiger partial charge is 0.496 e. The molecule has 41 heavy (non-hydrogen) atoms. The maximum Gasteiger partial charge on any atom is 0.185 e. The zero-order valence-electron chi connectivity index (χ0n) is 23.5. The van der Waals surface area contributed by atoms with Crippen LogP contribution in [-0.4, -0.2) is 64.8 Å². The Balaban J connectivity index is 1.40. The molecule has 10 heteroatoms. The van der Waals surface area contributed by atoms with E-state index in [1.54, 1.807) is 18.2 Å². The number of fused-ring (bicyclic) bond motifs is 1. The van der Waals surface area contributed by atoms with E-state index in [4.69, 9.17) is 20.2 Å². The van der Waals surface area contributed by atoms with Gasteiger partial charge in [-0.3, -0.25) is 4.79 Å². The van der Waals surface area contributed by atoms with Crippen LogP contribution in [0.25, 0.3) is 22.4 Å². The van der Waals surface area contributed by atoms with Crippen molar-refractivity contribution in [3.8, 4) is 17.1 Å². The van der Waals surface area contributed by atoms with Gasteiger partial charge in [-0.25, -0.2) is 19.3 Å². The highest BCUT2D eigenvalue weighted by Gasteiger charge is 2.31. The predicted molar refractivity (Wildman–Crippen MR) is 155 cm³/mol. The number of nitrogens with zero attached hydrogens (tertiary/aromatic N) is 5. The lowest BCUT2D eigenvalue weighted by atomic mass is 9.99. The molecule has 214 valence electrons. The fraction of sp³-hybridized carbons (Fsp3) is 0.419. The van der Waals surface area contributed by atoms with Crippen molar-refractivity contribution in [1.29, 1.82) is 0 Å². The van der Waals surface area contributed by atoms with Gasteiger partial charge in [0.15, 0.2) is 11.6 Å². The van der Waals surface area contributed by atoms with Crippen LogP contribution in [0.3, 0.4) is 0 Å². The number of carbonyl (C=O) groups is 1. The Bertz CT molecular complexity index is 1580. The van der Waals surface area contributed by atoms with Gasteiger partial charge in [0.25, 0.3) is 0 Å². The van der Waals surface area contributed by atoms with Crippen molar-refractivity contribution in [2.75, 3.05) is 38.3 Å². The maximum atomic E-state index is 14.7. The zero-order valence-corrected chi connectivity index (χ0v) is 23.5. The lowest BCUT2D eigenvalue weighted by Crippen LogP contribution is -2.36. The Labute approximate surface area is 238 Å². The molecule has 2 aromatic carbocycles. The molecule has 0 unspecified atom stereocenters. The smallest absolute Gasteiger partial charge is 0.185 e. The number of halogens is 1. The highest BCUT2D eigenvalue weighted by Crippen LogP contribution is 2.38. The molecule has 2 aliphatic heterocycles. The van der Waals surface area contributed by atoms with Crippen molar-refractivity contribution in [2.24, 2.45) is 12.8 Å². The summed E-state index contributed by atoms with van der Waals surface area (Å²) in [5.74, 6) is 1.09. The molecule has 0 saturated carbocycles. The minimum Gasteiger partial charge on any atom is -0.496 e. The van der Waals surface area contributed by atoms with E-state index in [1.807, 2.05) is 6.07 Å². The summed E-state index contributed by atoms with van der Waals surface area (Å²) in [4.78, 5) is 30.0. The van der Waals surface area contributed by atoms with E-state index < -0.39 is 5.82 Å². The Hall–Kier alpha value is -3.89. The molecule has 2 N–H and O–H groups in total. The molecule has 2 aromatic heterocycles. The topological polar surface area (TPSA) is 108 Å². The van der Waals surface area contributed by atoms with Gasteiger partial charge in [0.1, 0.15) is 28.6 Å². The Morgan fingerprint density at radius 2 is 1.98 bits per heavy atom. The third-order valence-electron chi connectivity index (χ3n) is 8.38. The Kier molecular flexibility index (Phi) is 7.68. The van der Waals surface area contributed by atoms with Gasteiger partial charge < -0.3 is 24.7 Å². The van der Waals surface area contributed by atoms with E-state index >= 15 is 0 Å². The Morgan fingerprint density at radius 1 is 1.15 bits per heavy atom. The van der Waals surface area contributed by atoms with E-state index in [2.05, 4.69) is 32.5 Å². The maximum absolute atomic E-state index is 14.7. The number of imidazole rings is 1. The number of benzene rings is 2. The van der Waals surface area contributed by atoms with Gasteiger partial charge in [0.05, 0.1) is 23.9 Å². The molecule has 9 nitrogen and oxygen atoms in total. The number of Topliss-reactive ketones (excluding diaryl/α,β-unsaturated/α-hetero) is 1. The predicted octanol–water partition coefficient (Wildman–Crippen LogP) is 4.42. The number of ether oxygens (including phenoxy) is 2. The van der Waals surface area contributed by atoms with Crippen LogP contribution in [0.2, 0.25) is 0 Å². The number of carbonyl (C=O) groups excluding carboxylic acids is 1. The minimum absolute atomic E-state index is 0.107. The normalized spacial score (nSPS) is 17.9. The van der Waals surface area contributed by atoms with Crippen LogP contribution in [0.5, 0.6) is 5.75 Å². The number of aromatic nitrogens is 4. The SMILES string of the molecule is COc1cccc(F)c1-c1nccc(C(=O)Cc2ccc3c(nc(C4CCOCC4)n3C)c2N2CCC[C@H]2CN)n1. The summed E-state index contributed by atoms with van der Waals surface area (Å²) in [5.41, 5.74) is 10.3. The van der Waals surface area contributed by atoms with Gasteiger partial charge in [-0.1, -0.05) is 12.1 Å². The van der Waals surface area contributed by atoms with Crippen LogP contribution in [0.15, 0.2) is 42.6 Å². The molecule has 4 aromatic rings. The number of methoxy groups -OCH3 is 1. The van der Waals surface area contributed by atoms with E-state index in [0.717, 1.165) is 73.6 Å². The summed E-state index contributed by atoms with van der Waals surface area (Å²) >= 11 is 0. The van der Waals surface area contributed by atoms with Crippen LogP contribution >= 0.6 is 0 Å². The van der Waals surface area contributed by atoms with Crippen molar-refractivity contribution < 1.29 is 18.7 Å². The van der Waals surface area contributed by atoms with E-state index in [0.29, 0.717) is 18.2 Å². The second-order valence-electron chi connectivity index (χ2n) is 10.8. The van der Waals surface area contributed by atoms with Crippen LogP contribution in [0.4, 0.5) is 10.1 Å². The molecule has 0 spiro atoms. The third-order valence-corrected chi connectivity index (χ3v) is 8.38. The lowest BCUT2D eigenvalue weighted by molar-refractivity contribution is 0.0831. The van der Waals surface area contributed by atoms with Crippen molar-refractivity contribution >= 4 is 22.5 Å². The third kappa shape index (κ3) is 5.06. The number of nitrogens with two attached hydrogens (primary N) is 1. The average Bonchev–Trinajstić information content (AvgIpc) is 3.61. The second kappa shape index (κ2) is 11.5. The van der Waals surface area contributed by atoms with Gasteiger partial charge in [-0.15, -0.1) is 0 Å². The van der Waals surface area contributed by atoms with Crippen molar-refractivity contribution in [3.05, 3.63) is 65.5 Å². The van der Waals surface area contributed by atoms with Crippen LogP contribution in [-0.2, 0) is 18.2 Å². The number of rotatable bonds is 8. The summed E-state index contributed by atoms with van der Waals surface area (Å²) in [6.45, 7) is 2.86. The molecule has 6 rings (SSSR count). The molecule has 2 aliphatic rings. The second-order valence-corrected chi connectivity index (χ2v) is 10.8. The van der Waals surface area contributed by atoms with Gasteiger partial charge in [-0.05, 0) is 55.5 Å². The number of hydrogen-bond acceptors (Lipinski definition) is 8. The summed E-state index contributed by atoms with van der Waals surface area (Å²) in [5, 5.41) is 0. The molecular weight excluding hydrogens is 523 g/mol. The van der Waals surface area contributed by atoms with Crippen molar-refractivity contribution in [3.63, 3.8) is 0 Å². The molecule has 0 radical (unpaired) electrons. The van der Waals surface area contributed by atoms with Gasteiger partial charge in [-0.2, -0.15) is 0 Å². The molecule has 0 amide bonds. The first kappa shape index (κ1) is 27.3. The highest BCUT2D eigenvalue weighted by molar-refractivity contribution is 6.00. The summed E-state index contributed by atoms with van der Waals surface area (Å²) < 4.78 is 27.9. The molecule has 2 fully saturated rings. The quantitative estimate of drug-likeness (QED) is 0.317. The van der Waals surface area contributed by atoms with Gasteiger partial charge >= 0.3 is 0 Å². The first-order chi connectivity index (χ1) is 20.0.